The van der Waals surface area contributed by atoms with Crippen LogP contribution in [0, 0.1) is 0 Å². The smallest absolute Gasteiger partial charge is 0.251 e. The molecule has 1 saturated heterocycles. The second kappa shape index (κ2) is 8.96. The van der Waals surface area contributed by atoms with Gasteiger partial charge in [0.25, 0.3) is 5.91 Å². The van der Waals surface area contributed by atoms with Crippen molar-refractivity contribution >= 4 is 34.8 Å². The van der Waals surface area contributed by atoms with Crippen LogP contribution in [0.3, 0.4) is 0 Å². The number of carbonyl (C=O) groups excluding carboxylic acids is 1. The van der Waals surface area contributed by atoms with Crippen molar-refractivity contribution in [2.75, 3.05) is 38.1 Å². The zero-order valence-electron chi connectivity index (χ0n) is 15.7. The van der Waals surface area contributed by atoms with Gasteiger partial charge < -0.3 is 15.1 Å². The van der Waals surface area contributed by atoms with Crippen LogP contribution >= 0.6 is 23.2 Å². The molecule has 6 heteroatoms. The highest BCUT2D eigenvalue weighted by Crippen LogP contribution is 2.24. The first-order chi connectivity index (χ1) is 12.9. The molecule has 2 aromatic carbocycles. The van der Waals surface area contributed by atoms with Crippen molar-refractivity contribution in [2.24, 2.45) is 0 Å². The third-order valence-corrected chi connectivity index (χ3v) is 5.66. The zero-order valence-corrected chi connectivity index (χ0v) is 17.2. The summed E-state index contributed by atoms with van der Waals surface area (Å²) < 4.78 is 0. The molecule has 1 fully saturated rings. The summed E-state index contributed by atoms with van der Waals surface area (Å²) in [5.41, 5.74) is 3.04. The Bertz CT molecular complexity index is 804. The third-order valence-electron chi connectivity index (χ3n) is 4.92. The van der Waals surface area contributed by atoms with Gasteiger partial charge in [-0.05, 0) is 50.2 Å². The number of para-hydroxylation sites is 1. The van der Waals surface area contributed by atoms with Gasteiger partial charge >= 0.3 is 0 Å². The molecular weight excluding hydrogens is 381 g/mol. The summed E-state index contributed by atoms with van der Waals surface area (Å²) in [4.78, 5) is 17.3. The molecule has 27 heavy (non-hydrogen) atoms. The van der Waals surface area contributed by atoms with Crippen LogP contribution in [0.2, 0.25) is 10.0 Å². The summed E-state index contributed by atoms with van der Waals surface area (Å²) in [5, 5.41) is 3.89. The molecule has 0 aliphatic carbocycles. The summed E-state index contributed by atoms with van der Waals surface area (Å²) in [6, 6.07) is 13.4. The summed E-state index contributed by atoms with van der Waals surface area (Å²) in [6.45, 7) is 6.21. The fraction of sp³-hybridized carbons (Fsp3) is 0.381. The van der Waals surface area contributed by atoms with E-state index >= 15 is 0 Å². The van der Waals surface area contributed by atoms with Gasteiger partial charge in [-0.25, -0.2) is 0 Å². The number of benzene rings is 2. The number of nitrogens with one attached hydrogen (secondary N) is 1. The lowest BCUT2D eigenvalue weighted by Crippen LogP contribution is -2.45. The monoisotopic (exact) mass is 405 g/mol. The highest BCUT2D eigenvalue weighted by atomic mass is 35.5. The highest BCUT2D eigenvalue weighted by molar-refractivity contribution is 6.42. The van der Waals surface area contributed by atoms with Gasteiger partial charge in [-0.3, -0.25) is 4.79 Å². The Balaban J connectivity index is 1.66. The second-order valence-corrected chi connectivity index (χ2v) is 7.94. The molecule has 0 radical (unpaired) electrons. The van der Waals surface area contributed by atoms with Crippen LogP contribution < -0.4 is 10.2 Å². The molecule has 144 valence electrons. The number of hydrogen-bond donors (Lipinski definition) is 1. The average molecular weight is 406 g/mol. The summed E-state index contributed by atoms with van der Waals surface area (Å²) in [7, 11) is 2.16. The number of amides is 1. The van der Waals surface area contributed by atoms with Gasteiger partial charge in [0.15, 0.2) is 0 Å². The minimum atomic E-state index is -0.141. The molecule has 1 heterocycles. The van der Waals surface area contributed by atoms with Crippen LogP contribution in [-0.4, -0.2) is 50.1 Å². The number of rotatable bonds is 5. The maximum Gasteiger partial charge on any atom is 0.251 e. The van der Waals surface area contributed by atoms with Gasteiger partial charge in [0.2, 0.25) is 0 Å². The molecule has 1 atom stereocenters. The number of piperazine rings is 1. The first-order valence-corrected chi connectivity index (χ1v) is 9.97. The van der Waals surface area contributed by atoms with Gasteiger partial charge in [-0.2, -0.15) is 0 Å². The summed E-state index contributed by atoms with van der Waals surface area (Å²) in [6.07, 6.45) is 0.773. The number of halogens is 2. The Morgan fingerprint density at radius 1 is 1.07 bits per heavy atom. The van der Waals surface area contributed by atoms with Gasteiger partial charge in [0, 0.05) is 43.5 Å². The molecule has 0 spiro atoms. The van der Waals surface area contributed by atoms with Gasteiger partial charge in [-0.15, -0.1) is 0 Å². The van der Waals surface area contributed by atoms with Gasteiger partial charge in [-0.1, -0.05) is 41.4 Å². The summed E-state index contributed by atoms with van der Waals surface area (Å²) >= 11 is 11.9. The highest BCUT2D eigenvalue weighted by Gasteiger charge is 2.18. The minimum Gasteiger partial charge on any atom is -0.369 e. The van der Waals surface area contributed by atoms with Crippen LogP contribution in [0.25, 0.3) is 0 Å². The van der Waals surface area contributed by atoms with E-state index in [9.17, 15) is 4.79 Å². The van der Waals surface area contributed by atoms with E-state index < -0.39 is 0 Å². The lowest BCUT2D eigenvalue weighted by molar-refractivity contribution is 0.0940. The number of likely N-dealkylation sites (N-methyl/N-ethyl adjacent to an activating group) is 1. The van der Waals surface area contributed by atoms with Gasteiger partial charge in [0.1, 0.15) is 0 Å². The Labute approximate surface area is 171 Å². The molecule has 0 aromatic heterocycles. The van der Waals surface area contributed by atoms with Crippen LogP contribution in [0.5, 0.6) is 0 Å². The molecule has 2 aromatic rings. The first-order valence-electron chi connectivity index (χ1n) is 9.21. The SMILES string of the molecule is CC(Cc1ccccc1N1CCN(C)CC1)NC(=O)c1ccc(Cl)c(Cl)c1. The molecule has 3 rings (SSSR count). The zero-order chi connectivity index (χ0) is 19.4. The predicted octanol–water partition coefficient (Wildman–Crippen LogP) is 4.11. The fourth-order valence-corrected chi connectivity index (χ4v) is 3.66. The van der Waals surface area contributed by atoms with Gasteiger partial charge in [0.05, 0.1) is 10.0 Å². The quantitative estimate of drug-likeness (QED) is 0.812. The molecule has 0 bridgehead atoms. The normalized spacial score (nSPS) is 16.2. The van der Waals surface area contributed by atoms with Crippen molar-refractivity contribution in [3.8, 4) is 0 Å². The maximum absolute atomic E-state index is 12.5. The van der Waals surface area contributed by atoms with Crippen molar-refractivity contribution in [3.05, 3.63) is 63.6 Å². The number of nitrogens with zero attached hydrogens (tertiary/aromatic N) is 2. The van der Waals surface area contributed by atoms with Crippen molar-refractivity contribution in [1.82, 2.24) is 10.2 Å². The second-order valence-electron chi connectivity index (χ2n) is 7.13. The topological polar surface area (TPSA) is 35.6 Å². The van der Waals surface area contributed by atoms with Crippen LogP contribution in [0.1, 0.15) is 22.8 Å². The molecule has 1 amide bonds. The van der Waals surface area contributed by atoms with Crippen molar-refractivity contribution < 1.29 is 4.79 Å². The molecule has 1 unspecified atom stereocenters. The Kier molecular flexibility index (Phi) is 6.64. The molecule has 4 nitrogen and oxygen atoms in total. The lowest BCUT2D eigenvalue weighted by atomic mass is 10.0. The van der Waals surface area contributed by atoms with E-state index in [1.165, 1.54) is 11.3 Å². The van der Waals surface area contributed by atoms with E-state index in [1.807, 2.05) is 6.92 Å². The molecular formula is C21H25Cl2N3O. The Morgan fingerprint density at radius 2 is 1.78 bits per heavy atom. The summed E-state index contributed by atoms with van der Waals surface area (Å²) in [5.74, 6) is -0.141. The molecule has 1 aliphatic heterocycles. The van der Waals surface area contributed by atoms with Crippen molar-refractivity contribution in [3.63, 3.8) is 0 Å². The van der Waals surface area contributed by atoms with Crippen LogP contribution in [-0.2, 0) is 6.42 Å². The van der Waals surface area contributed by atoms with E-state index in [2.05, 4.69) is 46.4 Å². The predicted molar refractivity (Wildman–Crippen MR) is 113 cm³/mol. The van der Waals surface area contributed by atoms with Crippen molar-refractivity contribution in [2.45, 2.75) is 19.4 Å². The van der Waals surface area contributed by atoms with E-state index in [-0.39, 0.29) is 11.9 Å². The average Bonchev–Trinajstić information content (AvgIpc) is 2.65. The Morgan fingerprint density at radius 3 is 2.48 bits per heavy atom. The maximum atomic E-state index is 12.5. The fourth-order valence-electron chi connectivity index (χ4n) is 3.36. The number of hydrogen-bond acceptors (Lipinski definition) is 3. The lowest BCUT2D eigenvalue weighted by Gasteiger charge is -2.35. The van der Waals surface area contributed by atoms with E-state index in [4.69, 9.17) is 23.2 Å². The van der Waals surface area contributed by atoms with E-state index in [1.54, 1.807) is 18.2 Å². The van der Waals surface area contributed by atoms with Crippen molar-refractivity contribution in [1.29, 1.82) is 0 Å². The minimum absolute atomic E-state index is 0.000526. The largest absolute Gasteiger partial charge is 0.369 e. The molecule has 1 N–H and O–H groups in total. The first kappa shape index (κ1) is 20.0. The Hall–Kier alpha value is -1.75. The number of carbonyl (C=O) groups is 1. The standard InChI is InChI=1S/C21H25Cl2N3O/c1-15(24-21(27)17-7-8-18(22)19(23)14-17)13-16-5-3-4-6-20(16)26-11-9-25(2)10-12-26/h3-8,14-15H,9-13H2,1-2H3,(H,24,27). The molecule has 1 aliphatic rings. The van der Waals surface area contributed by atoms with E-state index in [0.29, 0.717) is 15.6 Å². The third kappa shape index (κ3) is 5.16. The van der Waals surface area contributed by atoms with Crippen LogP contribution in [0.15, 0.2) is 42.5 Å². The molecule has 0 saturated carbocycles. The number of anilines is 1. The van der Waals surface area contributed by atoms with Crippen LogP contribution in [0.4, 0.5) is 5.69 Å². The van der Waals surface area contributed by atoms with E-state index in [0.717, 1.165) is 32.6 Å².